The molecule has 406 valence electrons. The molecule has 0 aliphatic carbocycles. The Kier molecular flexibility index (Phi) is 39.3. The number of carbonyl (C=O) groups excluding carboxylic acids is 1. The van der Waals surface area contributed by atoms with E-state index in [0.717, 1.165) is 111 Å². The summed E-state index contributed by atoms with van der Waals surface area (Å²) in [5.41, 5.74) is 9.21. The number of methoxy groups -OCH3 is 3. The molecule has 0 saturated heterocycles. The van der Waals surface area contributed by atoms with Crippen molar-refractivity contribution in [3.8, 4) is 17.2 Å². The Morgan fingerprint density at radius 3 is 1.16 bits per heavy atom. The number of alkyl halides is 1. The zero-order valence-corrected chi connectivity index (χ0v) is 52.5. The Morgan fingerprint density at radius 2 is 0.827 bits per heavy atom. The number of aldehydes is 1. The van der Waals surface area contributed by atoms with Gasteiger partial charge in [-0.15, -0.1) is 0 Å². The molecule has 0 amide bonds. The standard InChI is InChI=1S/C17H17ClO2S.C16H16BrClOS.C8H7Br2Cl.C8H8BrClO.C8H10OS.2CH4/c1-20-17-6-2-13(3-7-17)12-21-9-8-14-4-5-16(18)10-15(14)11-19;1-19-15-6-2-12(3-7-15)11-20-9-8-13-4-5-14(18)10-16(13)17;9-4-3-6-1-2-7(11)5-8(6)10;9-8-5-7(10)2-1-6(8)3-4-11;1-9-8-4-2-7(6-10)3-5-8;;/h2-7,10-11H,8-9,12H2,1H3;2-7,10H,8-9,11H2,1H3;1-2,5H,3-4H2;1-2,5,11H,3-4H2;2-5,10H,6H2,1H3;2*1H4. The second kappa shape index (κ2) is 41.7. The molecule has 0 spiro atoms. The van der Waals surface area contributed by atoms with Gasteiger partial charge in [0.15, 0.2) is 0 Å². The molecule has 16 heteroatoms. The molecule has 1 N–H and O–H groups in total. The molecule has 7 rings (SSSR count). The molecule has 0 aliphatic heterocycles. The summed E-state index contributed by atoms with van der Waals surface area (Å²) < 4.78 is 18.4. The third kappa shape index (κ3) is 28.9. The highest BCUT2D eigenvalue weighted by molar-refractivity contribution is 9.11. The van der Waals surface area contributed by atoms with Gasteiger partial charge in [-0.1, -0.05) is 186 Å². The highest BCUT2D eigenvalue weighted by Crippen LogP contribution is 2.26. The second-order valence-electron chi connectivity index (χ2n) is 15.4. The van der Waals surface area contributed by atoms with E-state index in [9.17, 15) is 4.79 Å². The summed E-state index contributed by atoms with van der Waals surface area (Å²) in [7, 11) is 5.02. The summed E-state index contributed by atoms with van der Waals surface area (Å²) >= 11 is 45.0. The Hall–Kier alpha value is -2.30. The summed E-state index contributed by atoms with van der Waals surface area (Å²) in [4.78, 5) is 11.0. The number of thiol groups is 1. The molecule has 0 unspecified atom stereocenters. The summed E-state index contributed by atoms with van der Waals surface area (Å²) in [6.07, 6.45) is 4.47. The minimum Gasteiger partial charge on any atom is -0.497 e. The average Bonchev–Trinajstić information content (AvgIpc) is 3.40. The van der Waals surface area contributed by atoms with Crippen LogP contribution in [0.4, 0.5) is 0 Å². The maximum absolute atomic E-state index is 11.0. The lowest BCUT2D eigenvalue weighted by Crippen LogP contribution is -1.95. The number of carbonyl (C=O) groups is 1. The van der Waals surface area contributed by atoms with Crippen LogP contribution in [-0.2, 0) is 42.9 Å². The molecule has 0 fully saturated rings. The van der Waals surface area contributed by atoms with Crippen molar-refractivity contribution in [2.75, 3.05) is 44.8 Å². The minimum atomic E-state index is 0. The SMILES string of the molecule is C.C.COc1ccc(CS)cc1.COc1ccc(CSCCc2ccc(Cl)cc2Br)cc1.COc1ccc(CSCCc2ccc(Cl)cc2C=O)cc1.Clc1ccc(CCBr)c(Br)c1.OCCc1ccc(Cl)cc1Br. The van der Waals surface area contributed by atoms with Crippen molar-refractivity contribution >= 4 is 153 Å². The first-order chi connectivity index (χ1) is 35.2. The van der Waals surface area contributed by atoms with Crippen LogP contribution in [0.3, 0.4) is 0 Å². The molecule has 0 heterocycles. The predicted octanol–water partition coefficient (Wildman–Crippen LogP) is 20.3. The van der Waals surface area contributed by atoms with E-state index in [4.69, 9.17) is 65.7 Å². The summed E-state index contributed by atoms with van der Waals surface area (Å²) in [6.45, 7) is 0.167. The lowest BCUT2D eigenvalue weighted by molar-refractivity contribution is 0.112. The van der Waals surface area contributed by atoms with Gasteiger partial charge in [-0.2, -0.15) is 36.2 Å². The van der Waals surface area contributed by atoms with Crippen LogP contribution in [-0.4, -0.2) is 56.2 Å². The highest BCUT2D eigenvalue weighted by Gasteiger charge is 2.05. The fourth-order valence-electron chi connectivity index (χ4n) is 6.22. The van der Waals surface area contributed by atoms with E-state index in [1.807, 2.05) is 133 Å². The van der Waals surface area contributed by atoms with E-state index in [1.165, 1.54) is 27.8 Å². The van der Waals surface area contributed by atoms with Crippen molar-refractivity contribution in [1.82, 2.24) is 0 Å². The zero-order valence-electron chi connectivity index (χ0n) is 40.6. The number of thioether (sulfide) groups is 2. The molecule has 5 nitrogen and oxygen atoms in total. The van der Waals surface area contributed by atoms with Crippen molar-refractivity contribution in [1.29, 1.82) is 0 Å². The van der Waals surface area contributed by atoms with E-state index in [0.29, 0.717) is 22.0 Å². The normalized spacial score (nSPS) is 9.93. The van der Waals surface area contributed by atoms with Gasteiger partial charge in [-0.25, -0.2) is 0 Å². The van der Waals surface area contributed by atoms with Crippen LogP contribution >= 0.6 is 146 Å². The van der Waals surface area contributed by atoms with E-state index < -0.39 is 0 Å². The Labute approximate surface area is 514 Å². The van der Waals surface area contributed by atoms with Gasteiger partial charge >= 0.3 is 0 Å². The third-order valence-corrected chi connectivity index (χ3v) is 16.2. The van der Waals surface area contributed by atoms with Crippen LogP contribution in [0.1, 0.15) is 64.2 Å². The van der Waals surface area contributed by atoms with Crippen molar-refractivity contribution in [3.05, 3.63) is 224 Å². The van der Waals surface area contributed by atoms with E-state index in [2.05, 4.69) is 107 Å². The molecule has 0 aromatic heterocycles. The molecule has 0 atom stereocenters. The van der Waals surface area contributed by atoms with Crippen LogP contribution in [0.5, 0.6) is 17.2 Å². The van der Waals surface area contributed by atoms with Crippen LogP contribution in [0.15, 0.2) is 159 Å². The van der Waals surface area contributed by atoms with Crippen LogP contribution in [0.25, 0.3) is 0 Å². The van der Waals surface area contributed by atoms with Crippen molar-refractivity contribution < 1.29 is 24.1 Å². The molecule has 7 aromatic rings. The number of aliphatic hydroxyl groups is 1. The van der Waals surface area contributed by atoms with Crippen LogP contribution in [0, 0.1) is 0 Å². The number of ether oxygens (including phenoxy) is 3. The van der Waals surface area contributed by atoms with Gasteiger partial charge in [0.05, 0.1) is 21.3 Å². The van der Waals surface area contributed by atoms with Crippen molar-refractivity contribution in [2.24, 2.45) is 0 Å². The number of halogens is 8. The van der Waals surface area contributed by atoms with Crippen LogP contribution < -0.4 is 14.2 Å². The molecule has 0 aliphatic rings. The lowest BCUT2D eigenvalue weighted by atomic mass is 10.1. The van der Waals surface area contributed by atoms with E-state index in [1.54, 1.807) is 27.4 Å². The Morgan fingerprint density at radius 1 is 0.493 bits per heavy atom. The molecule has 75 heavy (non-hydrogen) atoms. The van der Waals surface area contributed by atoms with Gasteiger partial charge in [0, 0.05) is 68.3 Å². The zero-order chi connectivity index (χ0) is 53.4. The first kappa shape index (κ1) is 70.7. The number of aryl methyl sites for hydroxylation is 3. The second-order valence-corrected chi connectivity index (χ2v) is 23.0. The van der Waals surface area contributed by atoms with Gasteiger partial charge in [0.2, 0.25) is 0 Å². The van der Waals surface area contributed by atoms with Crippen molar-refractivity contribution in [2.45, 2.75) is 57.8 Å². The van der Waals surface area contributed by atoms with E-state index in [-0.39, 0.29) is 21.5 Å². The molecule has 0 saturated carbocycles. The number of rotatable bonds is 19. The Bertz CT molecular complexity index is 2590. The predicted molar refractivity (Wildman–Crippen MR) is 347 cm³/mol. The lowest BCUT2D eigenvalue weighted by Gasteiger charge is -2.06. The van der Waals surface area contributed by atoms with Gasteiger partial charge in [0.25, 0.3) is 0 Å². The highest BCUT2D eigenvalue weighted by atomic mass is 79.9. The summed E-state index contributed by atoms with van der Waals surface area (Å²) in [5, 5.41) is 12.5. The summed E-state index contributed by atoms with van der Waals surface area (Å²) in [5.74, 6) is 7.49. The smallest absolute Gasteiger partial charge is 0.150 e. The molecule has 0 radical (unpaired) electrons. The Balaban J connectivity index is 0.000000483. The fourth-order valence-corrected chi connectivity index (χ4v) is 11.6. The van der Waals surface area contributed by atoms with Gasteiger partial charge in [0.1, 0.15) is 23.5 Å². The van der Waals surface area contributed by atoms with Gasteiger partial charge in [-0.05, 0) is 161 Å². The molecule has 7 aromatic carbocycles. The molecule has 0 bridgehead atoms. The largest absolute Gasteiger partial charge is 0.497 e. The third-order valence-electron chi connectivity index (χ3n) is 10.3. The number of hydrogen-bond acceptors (Lipinski definition) is 8. The average molecular weight is 1410 g/mol. The minimum absolute atomic E-state index is 0. The molecular formula is C59H66Br4Cl4O5S3. The topological polar surface area (TPSA) is 65.0 Å². The fraction of sp³-hybridized carbons (Fsp3) is 0.271. The number of hydrogen-bond donors (Lipinski definition) is 2. The molecular weight excluding hydrogens is 1350 g/mol. The quantitative estimate of drug-likeness (QED) is 0.0362. The van der Waals surface area contributed by atoms with E-state index >= 15 is 0 Å². The first-order valence-electron chi connectivity index (χ1n) is 22.6. The maximum atomic E-state index is 11.0. The van der Waals surface area contributed by atoms with Gasteiger partial charge < -0.3 is 19.3 Å². The monoisotopic (exact) mass is 1410 g/mol. The van der Waals surface area contributed by atoms with Crippen LogP contribution in [0.2, 0.25) is 20.1 Å². The number of aliphatic hydroxyl groups excluding tert-OH is 1. The summed E-state index contributed by atoms with van der Waals surface area (Å²) in [6, 6.07) is 47.1. The van der Waals surface area contributed by atoms with Crippen molar-refractivity contribution in [3.63, 3.8) is 0 Å². The maximum Gasteiger partial charge on any atom is 0.150 e. The van der Waals surface area contributed by atoms with Gasteiger partial charge in [-0.3, -0.25) is 4.79 Å². The number of benzene rings is 7. The first-order valence-corrected chi connectivity index (χ1v) is 30.6.